The van der Waals surface area contributed by atoms with Crippen LogP contribution in [-0.4, -0.2) is 12.6 Å². The zero-order chi connectivity index (χ0) is 14.8. The van der Waals surface area contributed by atoms with E-state index in [9.17, 15) is 13.2 Å². The van der Waals surface area contributed by atoms with Gasteiger partial charge in [0, 0.05) is 18.0 Å². The first-order valence-corrected chi connectivity index (χ1v) is 6.85. The van der Waals surface area contributed by atoms with E-state index in [1.807, 2.05) is 13.0 Å². The quantitative estimate of drug-likeness (QED) is 0.772. The number of halogens is 3. The number of benzene rings is 1. The highest BCUT2D eigenvalue weighted by Crippen LogP contribution is 2.32. The van der Waals surface area contributed by atoms with Crippen molar-refractivity contribution in [3.8, 4) is 0 Å². The van der Waals surface area contributed by atoms with Crippen LogP contribution in [0.1, 0.15) is 30.9 Å². The van der Waals surface area contributed by atoms with Gasteiger partial charge in [0.2, 0.25) is 0 Å². The van der Waals surface area contributed by atoms with Crippen LogP contribution in [0.15, 0.2) is 36.9 Å². The lowest BCUT2D eigenvalue weighted by Crippen LogP contribution is -2.33. The van der Waals surface area contributed by atoms with Gasteiger partial charge in [0.25, 0.3) is 0 Å². The minimum atomic E-state index is -4.28. The fourth-order valence-corrected chi connectivity index (χ4v) is 2.20. The molecule has 0 radical (unpaired) electrons. The minimum absolute atomic E-state index is 0.229. The average molecular weight is 283 g/mol. The lowest BCUT2D eigenvalue weighted by Gasteiger charge is -2.26. The highest BCUT2D eigenvalue weighted by atomic mass is 19.4. The van der Waals surface area contributed by atoms with E-state index in [4.69, 9.17) is 0 Å². The molecule has 1 fully saturated rings. The van der Waals surface area contributed by atoms with E-state index < -0.39 is 11.7 Å². The van der Waals surface area contributed by atoms with Crippen molar-refractivity contribution in [3.05, 3.63) is 48.0 Å². The van der Waals surface area contributed by atoms with Gasteiger partial charge in [0.05, 0.1) is 5.56 Å². The Hall–Kier alpha value is -1.29. The number of nitrogens with one attached hydrogen (secondary N) is 1. The zero-order valence-corrected chi connectivity index (χ0v) is 11.6. The van der Waals surface area contributed by atoms with E-state index in [0.717, 1.165) is 12.6 Å². The van der Waals surface area contributed by atoms with Gasteiger partial charge in [-0.2, -0.15) is 13.2 Å². The van der Waals surface area contributed by atoms with Gasteiger partial charge in [-0.25, -0.2) is 0 Å². The largest absolute Gasteiger partial charge is 0.416 e. The third-order valence-electron chi connectivity index (χ3n) is 3.73. The molecule has 1 nitrogen and oxygen atoms in total. The number of hydrogen-bond acceptors (Lipinski definition) is 1. The Morgan fingerprint density at radius 3 is 2.60 bits per heavy atom. The summed E-state index contributed by atoms with van der Waals surface area (Å²) in [6.07, 6.45) is 0.489. The van der Waals surface area contributed by atoms with Crippen molar-refractivity contribution in [3.63, 3.8) is 0 Å². The first-order valence-electron chi connectivity index (χ1n) is 6.85. The lowest BCUT2D eigenvalue weighted by molar-refractivity contribution is -0.137. The molecule has 0 spiro atoms. The van der Waals surface area contributed by atoms with E-state index >= 15 is 0 Å². The van der Waals surface area contributed by atoms with Gasteiger partial charge in [0.15, 0.2) is 0 Å². The van der Waals surface area contributed by atoms with Crippen LogP contribution in [0.2, 0.25) is 0 Å². The topological polar surface area (TPSA) is 12.0 Å². The van der Waals surface area contributed by atoms with Crippen molar-refractivity contribution >= 4 is 0 Å². The molecule has 1 N–H and O–H groups in total. The SMILES string of the molecule is C=CC(C)(CNC1CC1)Cc1cccc(C(F)(F)F)c1. The van der Waals surface area contributed by atoms with E-state index in [1.54, 1.807) is 6.07 Å². The summed E-state index contributed by atoms with van der Waals surface area (Å²) >= 11 is 0. The average Bonchev–Trinajstić information content (AvgIpc) is 3.20. The van der Waals surface area contributed by atoms with E-state index in [-0.39, 0.29) is 5.41 Å². The smallest absolute Gasteiger partial charge is 0.313 e. The molecular formula is C16H20F3N. The Morgan fingerprint density at radius 1 is 1.35 bits per heavy atom. The van der Waals surface area contributed by atoms with E-state index in [1.165, 1.54) is 25.0 Å². The third-order valence-corrected chi connectivity index (χ3v) is 3.73. The van der Waals surface area contributed by atoms with Crippen LogP contribution in [-0.2, 0) is 12.6 Å². The van der Waals surface area contributed by atoms with Crippen molar-refractivity contribution in [1.29, 1.82) is 0 Å². The van der Waals surface area contributed by atoms with Crippen LogP contribution >= 0.6 is 0 Å². The van der Waals surface area contributed by atoms with Crippen LogP contribution in [0.5, 0.6) is 0 Å². The fourth-order valence-electron chi connectivity index (χ4n) is 2.20. The molecule has 1 atom stereocenters. The summed E-state index contributed by atoms with van der Waals surface area (Å²) in [5, 5.41) is 3.42. The van der Waals surface area contributed by atoms with Gasteiger partial charge in [-0.1, -0.05) is 31.2 Å². The first kappa shape index (κ1) is 15.1. The van der Waals surface area contributed by atoms with Gasteiger partial charge < -0.3 is 5.32 Å². The Kier molecular flexibility index (Phi) is 4.23. The second-order valence-corrected chi connectivity index (χ2v) is 5.89. The molecule has 2 rings (SSSR count). The highest BCUT2D eigenvalue weighted by molar-refractivity contribution is 5.27. The van der Waals surface area contributed by atoms with Gasteiger partial charge in [0.1, 0.15) is 0 Å². The molecule has 0 amide bonds. The Morgan fingerprint density at radius 2 is 2.05 bits per heavy atom. The summed E-state index contributed by atoms with van der Waals surface area (Å²) in [7, 11) is 0. The molecule has 1 aromatic carbocycles. The molecule has 0 saturated heterocycles. The molecule has 0 aromatic heterocycles. The van der Waals surface area contributed by atoms with Crippen LogP contribution in [0.4, 0.5) is 13.2 Å². The lowest BCUT2D eigenvalue weighted by atomic mass is 9.83. The van der Waals surface area contributed by atoms with Crippen molar-refractivity contribution < 1.29 is 13.2 Å². The summed E-state index contributed by atoms with van der Waals surface area (Å²) in [5.41, 5.74) is -0.122. The predicted octanol–water partition coefficient (Wildman–Crippen LogP) is 4.19. The second-order valence-electron chi connectivity index (χ2n) is 5.89. The normalized spacial score (nSPS) is 18.6. The van der Waals surface area contributed by atoms with Crippen LogP contribution in [0.25, 0.3) is 0 Å². The number of rotatable bonds is 6. The van der Waals surface area contributed by atoms with Crippen LogP contribution in [0.3, 0.4) is 0 Å². The molecule has 0 aliphatic heterocycles. The summed E-state index contributed by atoms with van der Waals surface area (Å²) < 4.78 is 38.1. The van der Waals surface area contributed by atoms with E-state index in [2.05, 4.69) is 11.9 Å². The summed E-state index contributed by atoms with van der Waals surface area (Å²) in [6.45, 7) is 6.61. The maximum atomic E-state index is 12.7. The second kappa shape index (κ2) is 5.60. The molecule has 1 aliphatic carbocycles. The van der Waals surface area contributed by atoms with Crippen LogP contribution in [0, 0.1) is 5.41 Å². The van der Waals surface area contributed by atoms with Crippen molar-refractivity contribution in [1.82, 2.24) is 5.32 Å². The van der Waals surface area contributed by atoms with Gasteiger partial charge in [-0.3, -0.25) is 0 Å². The fraction of sp³-hybridized carbons (Fsp3) is 0.500. The minimum Gasteiger partial charge on any atom is -0.313 e. The maximum absolute atomic E-state index is 12.7. The molecule has 0 bridgehead atoms. The zero-order valence-electron chi connectivity index (χ0n) is 11.6. The van der Waals surface area contributed by atoms with Crippen molar-refractivity contribution in [2.45, 2.75) is 38.4 Å². The molecule has 1 aliphatic rings. The molecule has 4 heteroatoms. The van der Waals surface area contributed by atoms with Gasteiger partial charge in [-0.15, -0.1) is 6.58 Å². The molecule has 1 aromatic rings. The van der Waals surface area contributed by atoms with Gasteiger partial charge in [-0.05, 0) is 30.9 Å². The molecule has 110 valence electrons. The standard InChI is InChI=1S/C16H20F3N/c1-3-15(2,11-20-14-7-8-14)10-12-5-4-6-13(9-12)16(17,18)19/h3-6,9,14,20H,1,7-8,10-11H2,2H3. The number of alkyl halides is 3. The van der Waals surface area contributed by atoms with Crippen LogP contribution < -0.4 is 5.32 Å². The molecule has 0 heterocycles. The number of hydrogen-bond donors (Lipinski definition) is 1. The maximum Gasteiger partial charge on any atom is 0.416 e. The Labute approximate surface area is 117 Å². The van der Waals surface area contributed by atoms with Crippen molar-refractivity contribution in [2.24, 2.45) is 5.41 Å². The Bertz CT molecular complexity index is 477. The summed E-state index contributed by atoms with van der Waals surface area (Å²) in [5.74, 6) is 0. The first-order chi connectivity index (χ1) is 9.32. The van der Waals surface area contributed by atoms with Gasteiger partial charge >= 0.3 is 6.18 Å². The molecular weight excluding hydrogens is 263 g/mol. The third kappa shape index (κ3) is 4.10. The summed E-state index contributed by atoms with van der Waals surface area (Å²) in [6, 6.07) is 6.14. The monoisotopic (exact) mass is 283 g/mol. The predicted molar refractivity (Wildman–Crippen MR) is 74.5 cm³/mol. The van der Waals surface area contributed by atoms with Crippen molar-refractivity contribution in [2.75, 3.05) is 6.54 Å². The molecule has 20 heavy (non-hydrogen) atoms. The molecule has 1 unspecified atom stereocenters. The van der Waals surface area contributed by atoms with E-state index in [0.29, 0.717) is 18.0 Å². The Balaban J connectivity index is 2.07. The highest BCUT2D eigenvalue weighted by Gasteiger charge is 2.31. The molecule has 1 saturated carbocycles. The summed E-state index contributed by atoms with van der Waals surface area (Å²) in [4.78, 5) is 0.